The predicted molar refractivity (Wildman–Crippen MR) is 100.0 cm³/mol. The number of rotatable bonds is 7. The number of amides is 1. The monoisotopic (exact) mass is 365 g/mol. The lowest BCUT2D eigenvalue weighted by Gasteiger charge is -2.14. The number of thioether (sulfide) groups is 1. The highest BCUT2D eigenvalue weighted by Gasteiger charge is 2.16. The van der Waals surface area contributed by atoms with E-state index in [0.29, 0.717) is 28.7 Å². The molecule has 128 valence electrons. The molecular formula is C18H20ClNO3S. The van der Waals surface area contributed by atoms with Crippen molar-refractivity contribution >= 4 is 35.0 Å². The SMILES string of the molecule is CCCOc1c(Cl)cc(C(=O)Nc2ccccc2SC)cc1OC. The molecular weight excluding hydrogens is 346 g/mol. The Morgan fingerprint density at radius 2 is 2.04 bits per heavy atom. The van der Waals surface area contributed by atoms with E-state index in [1.807, 2.05) is 37.4 Å². The Morgan fingerprint density at radius 3 is 2.71 bits per heavy atom. The fraction of sp³-hybridized carbons (Fsp3) is 0.278. The van der Waals surface area contributed by atoms with Gasteiger partial charge in [0.05, 0.1) is 24.4 Å². The van der Waals surface area contributed by atoms with E-state index in [0.717, 1.165) is 17.0 Å². The summed E-state index contributed by atoms with van der Waals surface area (Å²) in [5.74, 6) is 0.653. The fourth-order valence-corrected chi connectivity index (χ4v) is 2.96. The number of hydrogen-bond donors (Lipinski definition) is 1. The Kier molecular flexibility index (Phi) is 6.82. The Bertz CT molecular complexity index is 721. The summed E-state index contributed by atoms with van der Waals surface area (Å²) in [6.07, 6.45) is 2.82. The fourth-order valence-electron chi connectivity index (χ4n) is 2.14. The lowest BCUT2D eigenvalue weighted by atomic mass is 10.1. The summed E-state index contributed by atoms with van der Waals surface area (Å²) < 4.78 is 10.9. The minimum absolute atomic E-state index is 0.251. The number of methoxy groups -OCH3 is 1. The first-order valence-electron chi connectivity index (χ1n) is 7.55. The van der Waals surface area contributed by atoms with E-state index in [1.165, 1.54) is 7.11 Å². The molecule has 0 radical (unpaired) electrons. The number of benzene rings is 2. The van der Waals surface area contributed by atoms with Gasteiger partial charge in [0, 0.05) is 10.5 Å². The van der Waals surface area contributed by atoms with Crippen molar-refractivity contribution in [1.29, 1.82) is 0 Å². The lowest BCUT2D eigenvalue weighted by molar-refractivity contribution is 0.102. The third kappa shape index (κ3) is 4.36. The minimum Gasteiger partial charge on any atom is -0.493 e. The number of hydrogen-bond acceptors (Lipinski definition) is 4. The van der Waals surface area contributed by atoms with Crippen LogP contribution in [0.5, 0.6) is 11.5 Å². The predicted octanol–water partition coefficient (Wildman–Crippen LogP) is 5.11. The lowest BCUT2D eigenvalue weighted by Crippen LogP contribution is -2.13. The summed E-state index contributed by atoms with van der Waals surface area (Å²) in [5.41, 5.74) is 1.17. The van der Waals surface area contributed by atoms with Gasteiger partial charge in [0.1, 0.15) is 0 Å². The zero-order valence-corrected chi connectivity index (χ0v) is 15.5. The second-order valence-corrected chi connectivity index (χ2v) is 6.25. The van der Waals surface area contributed by atoms with Crippen molar-refractivity contribution in [1.82, 2.24) is 0 Å². The maximum atomic E-state index is 12.6. The van der Waals surface area contributed by atoms with Crippen LogP contribution < -0.4 is 14.8 Å². The van der Waals surface area contributed by atoms with Crippen LogP contribution in [0.2, 0.25) is 5.02 Å². The molecule has 1 amide bonds. The van der Waals surface area contributed by atoms with E-state index in [4.69, 9.17) is 21.1 Å². The molecule has 2 rings (SSSR count). The summed E-state index contributed by atoms with van der Waals surface area (Å²) in [7, 11) is 1.52. The molecule has 0 spiro atoms. The number of halogens is 1. The van der Waals surface area contributed by atoms with E-state index in [-0.39, 0.29) is 5.91 Å². The Balaban J connectivity index is 2.28. The van der Waals surface area contributed by atoms with Crippen molar-refractivity contribution in [3.8, 4) is 11.5 Å². The molecule has 0 saturated heterocycles. The molecule has 0 fully saturated rings. The molecule has 2 aromatic carbocycles. The number of carbonyl (C=O) groups excluding carboxylic acids is 1. The average Bonchev–Trinajstić information content (AvgIpc) is 2.60. The van der Waals surface area contributed by atoms with Crippen molar-refractivity contribution < 1.29 is 14.3 Å². The van der Waals surface area contributed by atoms with Crippen molar-refractivity contribution in [2.24, 2.45) is 0 Å². The largest absolute Gasteiger partial charge is 0.493 e. The van der Waals surface area contributed by atoms with Crippen molar-refractivity contribution in [2.75, 3.05) is 25.3 Å². The first-order valence-corrected chi connectivity index (χ1v) is 9.15. The maximum Gasteiger partial charge on any atom is 0.255 e. The van der Waals surface area contributed by atoms with Crippen LogP contribution >= 0.6 is 23.4 Å². The van der Waals surface area contributed by atoms with Gasteiger partial charge in [-0.15, -0.1) is 11.8 Å². The van der Waals surface area contributed by atoms with Crippen molar-refractivity contribution in [2.45, 2.75) is 18.2 Å². The van der Waals surface area contributed by atoms with E-state index in [1.54, 1.807) is 23.9 Å². The summed E-state index contributed by atoms with van der Waals surface area (Å²) in [6.45, 7) is 2.54. The summed E-state index contributed by atoms with van der Waals surface area (Å²) in [6, 6.07) is 10.8. The number of para-hydroxylation sites is 1. The molecule has 0 bridgehead atoms. The topological polar surface area (TPSA) is 47.6 Å². The first-order chi connectivity index (χ1) is 11.6. The molecule has 0 aliphatic rings. The zero-order chi connectivity index (χ0) is 17.5. The highest BCUT2D eigenvalue weighted by molar-refractivity contribution is 7.98. The standard InChI is InChI=1S/C18H20ClNO3S/c1-4-9-23-17-13(19)10-12(11-15(17)22-2)18(21)20-14-7-5-6-8-16(14)24-3/h5-8,10-11H,4,9H2,1-3H3,(H,20,21). The van der Waals surface area contributed by atoms with E-state index < -0.39 is 0 Å². The van der Waals surface area contributed by atoms with Crippen LogP contribution in [0, 0.1) is 0 Å². The van der Waals surface area contributed by atoms with Crippen LogP contribution in [0.15, 0.2) is 41.3 Å². The Hall–Kier alpha value is -1.85. The van der Waals surface area contributed by atoms with Crippen LogP contribution in [0.25, 0.3) is 0 Å². The quantitative estimate of drug-likeness (QED) is 0.692. The van der Waals surface area contributed by atoms with Gasteiger partial charge < -0.3 is 14.8 Å². The minimum atomic E-state index is -0.251. The van der Waals surface area contributed by atoms with Crippen LogP contribution in [-0.4, -0.2) is 25.9 Å². The number of carbonyl (C=O) groups is 1. The van der Waals surface area contributed by atoms with E-state index in [2.05, 4.69) is 5.32 Å². The molecule has 0 atom stereocenters. The van der Waals surface area contributed by atoms with Gasteiger partial charge in [-0.05, 0) is 36.9 Å². The van der Waals surface area contributed by atoms with E-state index in [9.17, 15) is 4.79 Å². The smallest absolute Gasteiger partial charge is 0.255 e. The number of nitrogens with one attached hydrogen (secondary N) is 1. The van der Waals surface area contributed by atoms with Crippen molar-refractivity contribution in [3.63, 3.8) is 0 Å². The molecule has 4 nitrogen and oxygen atoms in total. The van der Waals surface area contributed by atoms with Gasteiger partial charge >= 0.3 is 0 Å². The molecule has 6 heteroatoms. The van der Waals surface area contributed by atoms with Crippen molar-refractivity contribution in [3.05, 3.63) is 47.0 Å². The van der Waals surface area contributed by atoms with E-state index >= 15 is 0 Å². The molecule has 0 saturated carbocycles. The molecule has 1 N–H and O–H groups in total. The third-order valence-corrected chi connectivity index (χ3v) is 4.37. The molecule has 0 heterocycles. The second-order valence-electron chi connectivity index (χ2n) is 4.99. The Labute approximate surface area is 151 Å². The highest BCUT2D eigenvalue weighted by Crippen LogP contribution is 2.37. The van der Waals surface area contributed by atoms with Crippen LogP contribution in [0.1, 0.15) is 23.7 Å². The highest BCUT2D eigenvalue weighted by atomic mass is 35.5. The second kappa shape index (κ2) is 8.85. The number of anilines is 1. The normalized spacial score (nSPS) is 10.3. The van der Waals surface area contributed by atoms with Gasteiger partial charge in [-0.3, -0.25) is 4.79 Å². The van der Waals surface area contributed by atoms with Crippen LogP contribution in [-0.2, 0) is 0 Å². The summed E-state index contributed by atoms with van der Waals surface area (Å²) >= 11 is 7.84. The average molecular weight is 366 g/mol. The molecule has 0 aromatic heterocycles. The molecule has 0 unspecified atom stereocenters. The van der Waals surface area contributed by atoms with Gasteiger partial charge in [-0.25, -0.2) is 0 Å². The van der Waals surface area contributed by atoms with Gasteiger partial charge in [-0.1, -0.05) is 30.7 Å². The first kappa shape index (κ1) is 18.5. The third-order valence-electron chi connectivity index (χ3n) is 3.30. The van der Waals surface area contributed by atoms with Gasteiger partial charge in [0.15, 0.2) is 11.5 Å². The molecule has 0 aliphatic heterocycles. The zero-order valence-electron chi connectivity index (χ0n) is 13.9. The van der Waals surface area contributed by atoms with Gasteiger partial charge in [0.2, 0.25) is 0 Å². The molecule has 2 aromatic rings. The Morgan fingerprint density at radius 1 is 1.29 bits per heavy atom. The number of ether oxygens (including phenoxy) is 2. The van der Waals surface area contributed by atoms with Crippen LogP contribution in [0.4, 0.5) is 5.69 Å². The molecule has 0 aliphatic carbocycles. The summed E-state index contributed by atoms with van der Waals surface area (Å²) in [5, 5.41) is 3.26. The van der Waals surface area contributed by atoms with Gasteiger partial charge in [-0.2, -0.15) is 0 Å². The summed E-state index contributed by atoms with van der Waals surface area (Å²) in [4.78, 5) is 13.5. The van der Waals surface area contributed by atoms with Gasteiger partial charge in [0.25, 0.3) is 5.91 Å². The van der Waals surface area contributed by atoms with Crippen LogP contribution in [0.3, 0.4) is 0 Å². The maximum absolute atomic E-state index is 12.6. The molecule has 24 heavy (non-hydrogen) atoms.